The Kier molecular flexibility index (Phi) is 5.08. The van der Waals surface area contributed by atoms with E-state index in [2.05, 4.69) is 15.5 Å². The normalized spacial score (nSPS) is 10.7. The van der Waals surface area contributed by atoms with Crippen LogP contribution in [0.3, 0.4) is 0 Å². The number of amides is 1. The summed E-state index contributed by atoms with van der Waals surface area (Å²) in [6, 6.07) is 18.1. The second-order valence-corrected chi connectivity index (χ2v) is 6.38. The molecule has 9 nitrogen and oxygen atoms in total. The Bertz CT molecular complexity index is 1230. The number of hydrogen-bond donors (Lipinski definition) is 1. The Hall–Kier alpha value is -4.27. The summed E-state index contributed by atoms with van der Waals surface area (Å²) in [5, 5.41) is 22.5. The van der Waals surface area contributed by atoms with Gasteiger partial charge in [0.25, 0.3) is 11.6 Å². The number of ether oxygens (including phenoxy) is 1. The quantitative estimate of drug-likeness (QED) is 0.385. The van der Waals surface area contributed by atoms with Gasteiger partial charge in [-0.3, -0.25) is 14.9 Å². The number of hydrogen-bond acceptors (Lipinski definition) is 6. The Morgan fingerprint density at radius 2 is 1.83 bits per heavy atom. The van der Waals surface area contributed by atoms with E-state index in [4.69, 9.17) is 4.74 Å². The van der Waals surface area contributed by atoms with Crippen LogP contribution in [0.25, 0.3) is 16.7 Å². The van der Waals surface area contributed by atoms with Crippen LogP contribution in [0.2, 0.25) is 0 Å². The van der Waals surface area contributed by atoms with Gasteiger partial charge in [-0.15, -0.1) is 10.2 Å². The lowest BCUT2D eigenvalue weighted by Crippen LogP contribution is -2.12. The minimum absolute atomic E-state index is 0.142. The predicted molar refractivity (Wildman–Crippen MR) is 111 cm³/mol. The number of nitrogens with zero attached hydrogens (tertiary/aromatic N) is 4. The van der Waals surface area contributed by atoms with Gasteiger partial charge in [-0.25, -0.2) is 0 Å². The summed E-state index contributed by atoms with van der Waals surface area (Å²) >= 11 is 0. The molecule has 4 rings (SSSR count). The van der Waals surface area contributed by atoms with E-state index in [0.717, 1.165) is 11.4 Å². The predicted octanol–water partition coefficient (Wildman–Crippen LogP) is 3.98. The highest BCUT2D eigenvalue weighted by Gasteiger charge is 2.13. The monoisotopic (exact) mass is 403 g/mol. The van der Waals surface area contributed by atoms with E-state index in [1.165, 1.54) is 29.1 Å². The number of carbonyl (C=O) groups excluding carboxylic acids is 1. The van der Waals surface area contributed by atoms with Crippen molar-refractivity contribution in [1.82, 2.24) is 15.0 Å². The number of rotatable bonds is 6. The smallest absolute Gasteiger partial charge is 0.270 e. The maximum absolute atomic E-state index is 12.5. The summed E-state index contributed by atoms with van der Waals surface area (Å²) in [5.74, 6) is 0.320. The van der Waals surface area contributed by atoms with Crippen molar-refractivity contribution in [3.63, 3.8) is 0 Å². The first-order valence-electron chi connectivity index (χ1n) is 9.19. The average Bonchev–Trinajstić information content (AvgIpc) is 3.18. The second kappa shape index (κ2) is 8.00. The third-order valence-corrected chi connectivity index (χ3v) is 4.34. The van der Waals surface area contributed by atoms with Crippen molar-refractivity contribution < 1.29 is 14.5 Å². The lowest BCUT2D eigenvalue weighted by molar-refractivity contribution is -0.384. The maximum Gasteiger partial charge on any atom is 0.270 e. The van der Waals surface area contributed by atoms with Crippen molar-refractivity contribution in [3.8, 4) is 11.4 Å². The molecule has 3 aromatic carbocycles. The number of fused-ring (bicyclic) bond motifs is 1. The molecule has 0 fully saturated rings. The van der Waals surface area contributed by atoms with Crippen molar-refractivity contribution in [2.45, 2.75) is 6.92 Å². The molecule has 0 atom stereocenters. The standard InChI is InChI=1S/C21H17N5O4/c1-2-30-18-9-7-16(8-10-18)25-23-19-11-6-15(13-20(19)24-25)22-21(27)14-4-3-5-17(12-14)26(28)29/h3-13H,2H2,1H3,(H,22,27). The number of benzene rings is 3. The van der Waals surface area contributed by atoms with Crippen LogP contribution in [0.15, 0.2) is 66.7 Å². The third kappa shape index (κ3) is 3.95. The van der Waals surface area contributed by atoms with Crippen LogP contribution in [0.5, 0.6) is 5.75 Å². The van der Waals surface area contributed by atoms with Gasteiger partial charge in [0, 0.05) is 23.4 Å². The molecule has 0 bridgehead atoms. The van der Waals surface area contributed by atoms with Gasteiger partial charge in [-0.2, -0.15) is 4.80 Å². The molecular weight excluding hydrogens is 386 g/mol. The molecule has 0 radical (unpaired) electrons. The third-order valence-electron chi connectivity index (χ3n) is 4.34. The maximum atomic E-state index is 12.5. The minimum atomic E-state index is -0.540. The first kappa shape index (κ1) is 19.1. The molecule has 1 aromatic heterocycles. The molecule has 0 unspecified atom stereocenters. The SMILES string of the molecule is CCOc1ccc(-n2nc3ccc(NC(=O)c4cccc([N+](=O)[O-])c4)cc3n2)cc1. The second-order valence-electron chi connectivity index (χ2n) is 6.38. The molecule has 30 heavy (non-hydrogen) atoms. The van der Waals surface area contributed by atoms with Crippen molar-refractivity contribution in [1.29, 1.82) is 0 Å². The molecule has 0 aliphatic rings. The van der Waals surface area contributed by atoms with Gasteiger partial charge in [-0.1, -0.05) is 6.07 Å². The molecule has 0 aliphatic heterocycles. The first-order valence-corrected chi connectivity index (χ1v) is 9.19. The number of nitro groups is 1. The van der Waals surface area contributed by atoms with E-state index in [0.29, 0.717) is 23.3 Å². The summed E-state index contributed by atoms with van der Waals surface area (Å²) in [7, 11) is 0. The highest BCUT2D eigenvalue weighted by Crippen LogP contribution is 2.20. The zero-order valence-corrected chi connectivity index (χ0v) is 16.0. The lowest BCUT2D eigenvalue weighted by atomic mass is 10.2. The number of non-ortho nitro benzene ring substituents is 1. The van der Waals surface area contributed by atoms with Crippen molar-refractivity contribution in [2.75, 3.05) is 11.9 Å². The van der Waals surface area contributed by atoms with Crippen molar-refractivity contribution >= 4 is 28.3 Å². The minimum Gasteiger partial charge on any atom is -0.494 e. The van der Waals surface area contributed by atoms with Crippen LogP contribution in [0, 0.1) is 10.1 Å². The summed E-state index contributed by atoms with van der Waals surface area (Å²) < 4.78 is 5.44. The summed E-state index contributed by atoms with van der Waals surface area (Å²) in [6.45, 7) is 2.51. The number of nitrogens with one attached hydrogen (secondary N) is 1. The highest BCUT2D eigenvalue weighted by atomic mass is 16.6. The molecule has 9 heteroatoms. The summed E-state index contributed by atoms with van der Waals surface area (Å²) in [4.78, 5) is 24.3. The van der Waals surface area contributed by atoms with Crippen LogP contribution in [0.1, 0.15) is 17.3 Å². The van der Waals surface area contributed by atoms with Gasteiger partial charge in [0.1, 0.15) is 16.8 Å². The van der Waals surface area contributed by atoms with E-state index >= 15 is 0 Å². The van der Waals surface area contributed by atoms with Gasteiger partial charge >= 0.3 is 0 Å². The Morgan fingerprint density at radius 1 is 1.07 bits per heavy atom. The molecular formula is C21H17N5O4. The zero-order valence-electron chi connectivity index (χ0n) is 16.0. The molecule has 0 spiro atoms. The Labute approximate surface area is 171 Å². The van der Waals surface area contributed by atoms with Gasteiger partial charge in [0.15, 0.2) is 0 Å². The van der Waals surface area contributed by atoms with Crippen LogP contribution in [0.4, 0.5) is 11.4 Å². The van der Waals surface area contributed by atoms with E-state index in [1.807, 2.05) is 31.2 Å². The van der Waals surface area contributed by atoms with E-state index < -0.39 is 10.8 Å². The Balaban J connectivity index is 1.55. The zero-order chi connectivity index (χ0) is 21.1. The van der Waals surface area contributed by atoms with Crippen LogP contribution in [-0.4, -0.2) is 32.4 Å². The Morgan fingerprint density at radius 3 is 2.57 bits per heavy atom. The van der Waals surface area contributed by atoms with Crippen LogP contribution < -0.4 is 10.1 Å². The van der Waals surface area contributed by atoms with Crippen LogP contribution in [-0.2, 0) is 0 Å². The number of aromatic nitrogens is 3. The van der Waals surface area contributed by atoms with E-state index in [9.17, 15) is 14.9 Å². The van der Waals surface area contributed by atoms with Crippen LogP contribution >= 0.6 is 0 Å². The molecule has 1 heterocycles. The van der Waals surface area contributed by atoms with Gasteiger partial charge in [0.05, 0.1) is 17.2 Å². The van der Waals surface area contributed by atoms with E-state index in [1.54, 1.807) is 18.2 Å². The lowest BCUT2D eigenvalue weighted by Gasteiger charge is -2.04. The van der Waals surface area contributed by atoms with Gasteiger partial charge in [-0.05, 0) is 55.5 Å². The molecule has 0 saturated heterocycles. The van der Waals surface area contributed by atoms with E-state index in [-0.39, 0.29) is 11.3 Å². The number of anilines is 1. The molecule has 0 aliphatic carbocycles. The van der Waals surface area contributed by atoms with Gasteiger partial charge in [0.2, 0.25) is 0 Å². The fraction of sp³-hybridized carbons (Fsp3) is 0.0952. The molecule has 1 amide bonds. The largest absolute Gasteiger partial charge is 0.494 e. The molecule has 0 saturated carbocycles. The summed E-state index contributed by atoms with van der Waals surface area (Å²) in [5.41, 5.74) is 2.60. The first-order chi connectivity index (χ1) is 14.5. The number of nitro benzene ring substituents is 1. The number of carbonyl (C=O) groups is 1. The summed E-state index contributed by atoms with van der Waals surface area (Å²) in [6.07, 6.45) is 0. The average molecular weight is 403 g/mol. The highest BCUT2D eigenvalue weighted by molar-refractivity contribution is 6.05. The molecule has 150 valence electrons. The molecule has 4 aromatic rings. The van der Waals surface area contributed by atoms with Crippen molar-refractivity contribution in [2.24, 2.45) is 0 Å². The molecule has 1 N–H and O–H groups in total. The topological polar surface area (TPSA) is 112 Å². The van der Waals surface area contributed by atoms with Gasteiger partial charge < -0.3 is 10.1 Å². The fourth-order valence-electron chi connectivity index (χ4n) is 2.91. The van der Waals surface area contributed by atoms with Crippen molar-refractivity contribution in [3.05, 3.63) is 82.4 Å². The fourth-order valence-corrected chi connectivity index (χ4v) is 2.91.